The number of nitrogens with two attached hydrogens (primary N) is 1. The van der Waals surface area contributed by atoms with Gasteiger partial charge in [-0.15, -0.1) is 12.4 Å². The zero-order valence-corrected chi connectivity index (χ0v) is 15.6. The van der Waals surface area contributed by atoms with Crippen molar-refractivity contribution in [3.8, 4) is 11.5 Å². The maximum Gasteiger partial charge on any atom is 0.332 e. The van der Waals surface area contributed by atoms with Crippen molar-refractivity contribution < 1.29 is 19.0 Å². The molecule has 0 heterocycles. The molecular formula is C18H22ClN3O4. The Hall–Kier alpha value is -2.93. The van der Waals surface area contributed by atoms with Gasteiger partial charge in [-0.3, -0.25) is 5.41 Å². The number of amidine groups is 1. The number of anilines is 1. The summed E-state index contributed by atoms with van der Waals surface area (Å²) >= 11 is 0. The van der Waals surface area contributed by atoms with Crippen LogP contribution in [0.2, 0.25) is 0 Å². The highest BCUT2D eigenvalue weighted by Gasteiger charge is 2.23. The molecular weight excluding hydrogens is 358 g/mol. The molecule has 8 heteroatoms. The van der Waals surface area contributed by atoms with Gasteiger partial charge in [0.1, 0.15) is 5.84 Å². The van der Waals surface area contributed by atoms with Crippen molar-refractivity contribution in [2.45, 2.75) is 6.04 Å². The molecule has 0 bridgehead atoms. The summed E-state index contributed by atoms with van der Waals surface area (Å²) in [5, 5.41) is 10.5. The molecule has 0 saturated heterocycles. The van der Waals surface area contributed by atoms with E-state index in [-0.39, 0.29) is 18.2 Å². The molecule has 0 amide bonds. The third-order valence-corrected chi connectivity index (χ3v) is 3.68. The Balaban J connectivity index is 0.00000338. The summed E-state index contributed by atoms with van der Waals surface area (Å²) in [5.74, 6) is 0.627. The van der Waals surface area contributed by atoms with Crippen molar-refractivity contribution in [2.75, 3.05) is 26.6 Å². The van der Waals surface area contributed by atoms with Gasteiger partial charge in [-0.05, 0) is 42.0 Å². The molecule has 2 aromatic carbocycles. The van der Waals surface area contributed by atoms with E-state index in [1.54, 1.807) is 49.6 Å². The van der Waals surface area contributed by atoms with Crippen LogP contribution < -0.4 is 20.5 Å². The molecule has 4 N–H and O–H groups in total. The van der Waals surface area contributed by atoms with Crippen LogP contribution in [0, 0.1) is 5.41 Å². The van der Waals surface area contributed by atoms with Crippen LogP contribution in [-0.4, -0.2) is 33.1 Å². The maximum atomic E-state index is 12.2. The van der Waals surface area contributed by atoms with Gasteiger partial charge in [0.05, 0.1) is 21.3 Å². The fourth-order valence-corrected chi connectivity index (χ4v) is 2.34. The smallest absolute Gasteiger partial charge is 0.332 e. The first kappa shape index (κ1) is 21.1. The fourth-order valence-electron chi connectivity index (χ4n) is 2.34. The van der Waals surface area contributed by atoms with E-state index in [9.17, 15) is 4.79 Å². The van der Waals surface area contributed by atoms with E-state index < -0.39 is 12.0 Å². The summed E-state index contributed by atoms with van der Waals surface area (Å²) in [6.45, 7) is 0. The van der Waals surface area contributed by atoms with E-state index >= 15 is 0 Å². The quantitative estimate of drug-likeness (QED) is 0.388. The van der Waals surface area contributed by atoms with Gasteiger partial charge in [-0.1, -0.05) is 6.07 Å². The predicted molar refractivity (Wildman–Crippen MR) is 103 cm³/mol. The van der Waals surface area contributed by atoms with Crippen LogP contribution in [0.25, 0.3) is 0 Å². The molecule has 140 valence electrons. The monoisotopic (exact) mass is 379 g/mol. The molecule has 0 aliphatic heterocycles. The van der Waals surface area contributed by atoms with E-state index in [2.05, 4.69) is 5.32 Å². The lowest BCUT2D eigenvalue weighted by Gasteiger charge is -2.19. The van der Waals surface area contributed by atoms with Crippen molar-refractivity contribution in [1.82, 2.24) is 0 Å². The van der Waals surface area contributed by atoms with Crippen molar-refractivity contribution >= 4 is 29.9 Å². The molecule has 0 aromatic heterocycles. The molecule has 0 spiro atoms. The molecule has 0 fully saturated rings. The lowest BCUT2D eigenvalue weighted by molar-refractivity contribution is -0.141. The molecule has 0 aliphatic rings. The van der Waals surface area contributed by atoms with Crippen LogP contribution in [0.5, 0.6) is 11.5 Å². The summed E-state index contributed by atoms with van der Waals surface area (Å²) in [7, 11) is 4.41. The number of ether oxygens (including phenoxy) is 3. The minimum Gasteiger partial charge on any atom is -0.493 e. The van der Waals surface area contributed by atoms with E-state index in [0.29, 0.717) is 28.3 Å². The molecule has 2 aromatic rings. The Bertz CT molecular complexity index is 766. The normalized spacial score (nSPS) is 10.9. The second kappa shape index (κ2) is 9.53. The Labute approximate surface area is 158 Å². The molecule has 2 rings (SSSR count). The first-order valence-electron chi connectivity index (χ1n) is 7.51. The zero-order chi connectivity index (χ0) is 18.4. The van der Waals surface area contributed by atoms with Gasteiger partial charge in [-0.2, -0.15) is 0 Å². The number of halogens is 1. The van der Waals surface area contributed by atoms with E-state index in [0.717, 1.165) is 0 Å². The highest BCUT2D eigenvalue weighted by atomic mass is 35.5. The lowest BCUT2D eigenvalue weighted by atomic mass is 10.1. The number of carbonyl (C=O) groups excluding carboxylic acids is 1. The van der Waals surface area contributed by atoms with Gasteiger partial charge in [-0.25, -0.2) is 4.79 Å². The number of methoxy groups -OCH3 is 3. The highest BCUT2D eigenvalue weighted by Crippen LogP contribution is 2.31. The molecule has 0 radical (unpaired) electrons. The summed E-state index contributed by atoms with van der Waals surface area (Å²) in [6.07, 6.45) is 0. The van der Waals surface area contributed by atoms with Crippen LogP contribution in [0.1, 0.15) is 17.2 Å². The number of benzene rings is 2. The SMILES string of the molecule is COC(=O)C(Nc1ccc(C(=N)N)cc1)c1ccc(OC)c(OC)c1.Cl. The molecule has 0 aliphatic carbocycles. The number of nitrogen functional groups attached to an aromatic ring is 1. The van der Waals surface area contributed by atoms with Gasteiger partial charge >= 0.3 is 5.97 Å². The zero-order valence-electron chi connectivity index (χ0n) is 14.7. The van der Waals surface area contributed by atoms with Gasteiger partial charge in [0, 0.05) is 11.3 Å². The van der Waals surface area contributed by atoms with Gasteiger partial charge in [0.15, 0.2) is 17.5 Å². The second-order valence-electron chi connectivity index (χ2n) is 5.21. The number of nitrogens with one attached hydrogen (secondary N) is 2. The van der Waals surface area contributed by atoms with Gasteiger partial charge in [0.2, 0.25) is 0 Å². The Morgan fingerprint density at radius 3 is 2.15 bits per heavy atom. The summed E-state index contributed by atoms with van der Waals surface area (Å²) in [4.78, 5) is 12.2. The first-order chi connectivity index (χ1) is 12.0. The maximum absolute atomic E-state index is 12.2. The van der Waals surface area contributed by atoms with Crippen LogP contribution in [0.4, 0.5) is 5.69 Å². The Morgan fingerprint density at radius 2 is 1.65 bits per heavy atom. The van der Waals surface area contributed by atoms with Crippen molar-refractivity contribution in [1.29, 1.82) is 5.41 Å². The van der Waals surface area contributed by atoms with Crippen LogP contribution in [0.15, 0.2) is 42.5 Å². The summed E-state index contributed by atoms with van der Waals surface area (Å²) < 4.78 is 15.4. The standard InChI is InChI=1S/C18H21N3O4.ClH/c1-23-14-9-6-12(10-15(14)24-2)16(18(22)25-3)21-13-7-4-11(5-8-13)17(19)20;/h4-10,16,21H,1-3H3,(H3,19,20);1H. The van der Waals surface area contributed by atoms with E-state index in [1.807, 2.05) is 0 Å². The molecule has 1 unspecified atom stereocenters. The number of hydrogen-bond acceptors (Lipinski definition) is 6. The first-order valence-corrected chi connectivity index (χ1v) is 7.51. The average Bonchev–Trinajstić information content (AvgIpc) is 2.65. The number of esters is 1. The van der Waals surface area contributed by atoms with Gasteiger partial charge < -0.3 is 25.3 Å². The molecule has 0 saturated carbocycles. The third-order valence-electron chi connectivity index (χ3n) is 3.68. The minimum atomic E-state index is -0.729. The summed E-state index contributed by atoms with van der Waals surface area (Å²) in [6, 6.07) is 11.4. The van der Waals surface area contributed by atoms with Crippen LogP contribution >= 0.6 is 12.4 Å². The van der Waals surface area contributed by atoms with E-state index in [4.69, 9.17) is 25.4 Å². The number of carbonyl (C=O) groups is 1. The number of rotatable bonds is 7. The average molecular weight is 380 g/mol. The fraction of sp³-hybridized carbons (Fsp3) is 0.222. The summed E-state index contributed by atoms with van der Waals surface area (Å²) in [5.41, 5.74) is 7.41. The topological polar surface area (TPSA) is 107 Å². The van der Waals surface area contributed by atoms with Crippen LogP contribution in [-0.2, 0) is 9.53 Å². The van der Waals surface area contributed by atoms with Crippen molar-refractivity contribution in [2.24, 2.45) is 5.73 Å². The third kappa shape index (κ3) is 4.80. The highest BCUT2D eigenvalue weighted by molar-refractivity contribution is 5.95. The predicted octanol–water partition coefficient (Wildman–Crippen LogP) is 2.74. The largest absolute Gasteiger partial charge is 0.493 e. The second-order valence-corrected chi connectivity index (χ2v) is 5.21. The van der Waals surface area contributed by atoms with Gasteiger partial charge in [0.25, 0.3) is 0 Å². The Morgan fingerprint density at radius 1 is 1.04 bits per heavy atom. The number of hydrogen-bond donors (Lipinski definition) is 3. The van der Waals surface area contributed by atoms with Crippen LogP contribution in [0.3, 0.4) is 0 Å². The minimum absolute atomic E-state index is 0. The Kier molecular flexibility index (Phi) is 7.74. The molecule has 1 atom stereocenters. The molecule has 7 nitrogen and oxygen atoms in total. The van der Waals surface area contributed by atoms with Crippen molar-refractivity contribution in [3.05, 3.63) is 53.6 Å². The van der Waals surface area contributed by atoms with Crippen molar-refractivity contribution in [3.63, 3.8) is 0 Å². The van der Waals surface area contributed by atoms with E-state index in [1.165, 1.54) is 14.2 Å². The molecule has 26 heavy (non-hydrogen) atoms. The lowest BCUT2D eigenvalue weighted by Crippen LogP contribution is -2.22.